The van der Waals surface area contributed by atoms with Gasteiger partial charge in [0.1, 0.15) is 12.4 Å². The average molecular weight is 242 g/mol. The van der Waals surface area contributed by atoms with E-state index in [-0.39, 0.29) is 12.4 Å². The van der Waals surface area contributed by atoms with Gasteiger partial charge >= 0.3 is 0 Å². The first kappa shape index (κ1) is 13.0. The van der Waals surface area contributed by atoms with Crippen molar-refractivity contribution < 1.29 is 13.2 Å². The van der Waals surface area contributed by atoms with E-state index in [1.807, 2.05) is 24.3 Å². The van der Waals surface area contributed by atoms with Crippen molar-refractivity contribution in [3.8, 4) is 5.75 Å². The fraction of sp³-hybridized carbons (Fsp3) is 0.500. The molecular weight excluding hydrogens is 224 g/mol. The zero-order chi connectivity index (χ0) is 12.2. The summed E-state index contributed by atoms with van der Waals surface area (Å²) in [4.78, 5) is 0. The largest absolute Gasteiger partial charge is 0.493 e. The molecule has 0 amide bonds. The van der Waals surface area contributed by atoms with E-state index >= 15 is 0 Å². The normalized spacial score (nSPS) is 11.8. The number of rotatable bonds is 5. The molecule has 0 aromatic heterocycles. The lowest BCUT2D eigenvalue weighted by Gasteiger charge is -2.09. The molecule has 90 valence electrons. The molecule has 0 N–H and O–H groups in total. The smallest absolute Gasteiger partial charge is 0.150 e. The Balaban J connectivity index is 2.58. The van der Waals surface area contributed by atoms with Crippen LogP contribution >= 0.6 is 0 Å². The maximum absolute atomic E-state index is 10.9. The highest BCUT2D eigenvalue weighted by atomic mass is 32.2. The van der Waals surface area contributed by atoms with Crippen LogP contribution in [0.1, 0.15) is 25.3 Å². The molecule has 4 heteroatoms. The van der Waals surface area contributed by atoms with Crippen molar-refractivity contribution in [1.29, 1.82) is 0 Å². The predicted molar refractivity (Wildman–Crippen MR) is 65.7 cm³/mol. The molecule has 1 rings (SSSR count). The highest BCUT2D eigenvalue weighted by Gasteiger charge is 2.04. The summed E-state index contributed by atoms with van der Waals surface area (Å²) >= 11 is 0. The molecule has 0 radical (unpaired) electrons. The molecule has 0 saturated carbocycles. The second-order valence-corrected chi connectivity index (χ2v) is 6.47. The number of hydrogen-bond donors (Lipinski definition) is 0. The summed E-state index contributed by atoms with van der Waals surface area (Å²) < 4.78 is 27.2. The summed E-state index contributed by atoms with van der Waals surface area (Å²) in [5.41, 5.74) is 1.19. The maximum atomic E-state index is 10.9. The van der Waals surface area contributed by atoms with E-state index in [2.05, 4.69) is 13.8 Å². The van der Waals surface area contributed by atoms with E-state index in [0.717, 1.165) is 5.75 Å². The van der Waals surface area contributed by atoms with Crippen LogP contribution in [0.3, 0.4) is 0 Å². The first-order valence-corrected chi connectivity index (χ1v) is 7.35. The van der Waals surface area contributed by atoms with Crippen molar-refractivity contribution in [2.24, 2.45) is 0 Å². The molecule has 16 heavy (non-hydrogen) atoms. The van der Waals surface area contributed by atoms with Gasteiger partial charge in [0.15, 0.2) is 9.84 Å². The molecule has 1 aromatic carbocycles. The van der Waals surface area contributed by atoms with Crippen LogP contribution in [-0.4, -0.2) is 27.0 Å². The molecule has 0 aliphatic rings. The lowest BCUT2D eigenvalue weighted by Crippen LogP contribution is -2.12. The van der Waals surface area contributed by atoms with Gasteiger partial charge in [0.25, 0.3) is 0 Å². The minimum Gasteiger partial charge on any atom is -0.493 e. The Kier molecular flexibility index (Phi) is 4.35. The van der Waals surface area contributed by atoms with Crippen molar-refractivity contribution >= 4 is 9.84 Å². The van der Waals surface area contributed by atoms with Gasteiger partial charge in [-0.3, -0.25) is 0 Å². The maximum Gasteiger partial charge on any atom is 0.150 e. The third kappa shape index (κ3) is 4.66. The van der Waals surface area contributed by atoms with Crippen molar-refractivity contribution in [2.75, 3.05) is 18.6 Å². The van der Waals surface area contributed by atoms with E-state index < -0.39 is 9.84 Å². The highest BCUT2D eigenvalue weighted by Crippen LogP contribution is 2.19. The van der Waals surface area contributed by atoms with Crippen LogP contribution < -0.4 is 4.74 Å². The number of sulfone groups is 1. The van der Waals surface area contributed by atoms with Crippen molar-refractivity contribution in [3.63, 3.8) is 0 Å². The van der Waals surface area contributed by atoms with E-state index in [4.69, 9.17) is 4.74 Å². The van der Waals surface area contributed by atoms with Crippen molar-refractivity contribution in [2.45, 2.75) is 19.8 Å². The van der Waals surface area contributed by atoms with E-state index in [0.29, 0.717) is 5.92 Å². The summed E-state index contributed by atoms with van der Waals surface area (Å²) in [7, 11) is -2.95. The Bertz CT molecular complexity index is 435. The lowest BCUT2D eigenvalue weighted by atomic mass is 10.0. The summed E-state index contributed by atoms with van der Waals surface area (Å²) in [5.74, 6) is 1.23. The Morgan fingerprint density at radius 1 is 1.31 bits per heavy atom. The molecular formula is C12H18O3S. The van der Waals surface area contributed by atoms with Crippen LogP contribution in [0.25, 0.3) is 0 Å². The molecule has 0 bridgehead atoms. The molecule has 0 aliphatic carbocycles. The quantitative estimate of drug-likeness (QED) is 0.795. The minimum atomic E-state index is -2.95. The second-order valence-electron chi connectivity index (χ2n) is 4.21. The van der Waals surface area contributed by atoms with Crippen LogP contribution in [0, 0.1) is 0 Å². The summed E-state index contributed by atoms with van der Waals surface area (Å²) in [6.45, 7) is 4.42. The Morgan fingerprint density at radius 2 is 2.00 bits per heavy atom. The van der Waals surface area contributed by atoms with Gasteiger partial charge in [0, 0.05) is 6.26 Å². The Hall–Kier alpha value is -1.03. The van der Waals surface area contributed by atoms with Gasteiger partial charge < -0.3 is 4.74 Å². The molecule has 0 heterocycles. The standard InChI is InChI=1S/C12H18O3S/c1-10(2)11-5-4-6-12(9-11)15-7-8-16(3,13)14/h4-6,9-10H,7-8H2,1-3H3. The Morgan fingerprint density at radius 3 is 2.56 bits per heavy atom. The van der Waals surface area contributed by atoms with Gasteiger partial charge in [-0.1, -0.05) is 26.0 Å². The van der Waals surface area contributed by atoms with Gasteiger partial charge in [-0.25, -0.2) is 8.42 Å². The van der Waals surface area contributed by atoms with Gasteiger partial charge in [0.05, 0.1) is 5.75 Å². The lowest BCUT2D eigenvalue weighted by molar-refractivity contribution is 0.340. The topological polar surface area (TPSA) is 43.4 Å². The third-order valence-corrected chi connectivity index (χ3v) is 3.16. The van der Waals surface area contributed by atoms with Gasteiger partial charge in [-0.05, 0) is 23.6 Å². The molecule has 0 atom stereocenters. The highest BCUT2D eigenvalue weighted by molar-refractivity contribution is 7.90. The molecule has 0 spiro atoms. The summed E-state index contributed by atoms with van der Waals surface area (Å²) in [5, 5.41) is 0. The first-order valence-electron chi connectivity index (χ1n) is 5.29. The molecule has 1 aromatic rings. The van der Waals surface area contributed by atoms with Crippen molar-refractivity contribution in [3.05, 3.63) is 29.8 Å². The van der Waals surface area contributed by atoms with Crippen LogP contribution in [0.5, 0.6) is 5.75 Å². The molecule has 0 unspecified atom stereocenters. The number of benzene rings is 1. The minimum absolute atomic E-state index is 0.0545. The van der Waals surface area contributed by atoms with Crippen LogP contribution in [0.2, 0.25) is 0 Å². The van der Waals surface area contributed by atoms with Gasteiger partial charge in [0.2, 0.25) is 0 Å². The molecule has 0 fully saturated rings. The number of ether oxygens (including phenoxy) is 1. The fourth-order valence-corrected chi connectivity index (χ4v) is 1.66. The second kappa shape index (κ2) is 5.34. The fourth-order valence-electron chi connectivity index (χ4n) is 1.27. The first-order chi connectivity index (χ1) is 7.38. The molecule has 3 nitrogen and oxygen atoms in total. The van der Waals surface area contributed by atoms with E-state index in [1.165, 1.54) is 11.8 Å². The monoisotopic (exact) mass is 242 g/mol. The summed E-state index contributed by atoms with van der Waals surface area (Å²) in [6, 6.07) is 7.75. The zero-order valence-corrected chi connectivity index (χ0v) is 10.8. The van der Waals surface area contributed by atoms with Crippen LogP contribution in [0.4, 0.5) is 0 Å². The number of hydrogen-bond acceptors (Lipinski definition) is 3. The molecule has 0 aliphatic heterocycles. The van der Waals surface area contributed by atoms with Crippen LogP contribution in [-0.2, 0) is 9.84 Å². The zero-order valence-electron chi connectivity index (χ0n) is 9.93. The van der Waals surface area contributed by atoms with E-state index in [9.17, 15) is 8.42 Å². The van der Waals surface area contributed by atoms with E-state index in [1.54, 1.807) is 0 Å². The third-order valence-electron chi connectivity index (χ3n) is 2.25. The summed E-state index contributed by atoms with van der Waals surface area (Å²) in [6.07, 6.45) is 1.21. The SMILES string of the molecule is CC(C)c1cccc(OCCS(C)(=O)=O)c1. The molecule has 0 saturated heterocycles. The van der Waals surface area contributed by atoms with Crippen LogP contribution in [0.15, 0.2) is 24.3 Å². The van der Waals surface area contributed by atoms with Crippen molar-refractivity contribution in [1.82, 2.24) is 0 Å². The predicted octanol–water partition coefficient (Wildman–Crippen LogP) is 2.23. The van der Waals surface area contributed by atoms with Gasteiger partial charge in [-0.15, -0.1) is 0 Å². The average Bonchev–Trinajstić information content (AvgIpc) is 2.16. The Labute approximate surface area is 97.4 Å². The van der Waals surface area contributed by atoms with Gasteiger partial charge in [-0.2, -0.15) is 0 Å².